The Kier molecular flexibility index (Phi) is 3.93. The van der Waals surface area contributed by atoms with Crippen LogP contribution in [-0.2, 0) is 9.59 Å². The van der Waals surface area contributed by atoms with Crippen LogP contribution in [-0.4, -0.2) is 46.7 Å². The lowest BCUT2D eigenvalue weighted by atomic mass is 10.1. The third-order valence-electron chi connectivity index (χ3n) is 3.39. The Morgan fingerprint density at radius 2 is 2.00 bits per heavy atom. The molecule has 0 aromatic heterocycles. The Morgan fingerprint density at radius 1 is 1.41 bits per heavy atom. The van der Waals surface area contributed by atoms with E-state index in [1.54, 1.807) is 19.9 Å². The number of carbonyl (C=O) groups excluding carboxylic acids is 1. The summed E-state index contributed by atoms with van der Waals surface area (Å²) in [6.07, 6.45) is 1.57. The van der Waals surface area contributed by atoms with Crippen molar-refractivity contribution in [2.75, 3.05) is 19.7 Å². The maximum absolute atomic E-state index is 12.1. The van der Waals surface area contributed by atoms with Crippen LogP contribution >= 0.6 is 0 Å². The van der Waals surface area contributed by atoms with Crippen molar-refractivity contribution in [2.45, 2.75) is 13.8 Å². The van der Waals surface area contributed by atoms with Gasteiger partial charge >= 0.3 is 5.97 Å². The highest BCUT2D eigenvalue weighted by Gasteiger charge is 2.66. The average molecular weight is 241 g/mol. The monoisotopic (exact) mass is 241 g/mol. The van der Waals surface area contributed by atoms with Crippen molar-refractivity contribution < 1.29 is 19.8 Å². The molecule has 5 nitrogen and oxygen atoms in total. The second kappa shape index (κ2) is 4.87. The lowest BCUT2D eigenvalue weighted by Gasteiger charge is -2.20. The first-order valence-electron chi connectivity index (χ1n) is 5.61. The number of nitrogens with zero attached hydrogens (tertiary/aromatic N) is 1. The molecule has 0 aromatic rings. The molecule has 0 aliphatic heterocycles. The summed E-state index contributed by atoms with van der Waals surface area (Å²) in [5.41, 5.74) is -0.502. The van der Waals surface area contributed by atoms with Gasteiger partial charge in [-0.05, 0) is 5.41 Å². The second-order valence-corrected chi connectivity index (χ2v) is 4.91. The van der Waals surface area contributed by atoms with E-state index in [0.29, 0.717) is 6.54 Å². The first kappa shape index (κ1) is 13.7. The molecule has 1 fully saturated rings. The number of hydrogen-bond acceptors (Lipinski definition) is 3. The van der Waals surface area contributed by atoms with E-state index in [1.165, 1.54) is 4.90 Å². The fourth-order valence-corrected chi connectivity index (χ4v) is 2.32. The van der Waals surface area contributed by atoms with Crippen LogP contribution in [0, 0.1) is 17.3 Å². The Bertz CT molecular complexity index is 337. The zero-order chi connectivity index (χ0) is 13.2. The van der Waals surface area contributed by atoms with Crippen molar-refractivity contribution in [3.05, 3.63) is 12.7 Å². The number of carboxylic acid groups (broad SMARTS) is 1. The smallest absolute Gasteiger partial charge is 0.307 e. The summed E-state index contributed by atoms with van der Waals surface area (Å²) in [6, 6.07) is 0. The zero-order valence-electron chi connectivity index (χ0n) is 10.2. The summed E-state index contributed by atoms with van der Waals surface area (Å²) >= 11 is 0. The molecule has 0 saturated heterocycles. The first-order valence-corrected chi connectivity index (χ1v) is 5.61. The van der Waals surface area contributed by atoms with Gasteiger partial charge < -0.3 is 15.1 Å². The van der Waals surface area contributed by atoms with Crippen molar-refractivity contribution >= 4 is 11.9 Å². The van der Waals surface area contributed by atoms with Gasteiger partial charge in [0.25, 0.3) is 0 Å². The van der Waals surface area contributed by atoms with Crippen LogP contribution in [0.25, 0.3) is 0 Å². The van der Waals surface area contributed by atoms with E-state index in [-0.39, 0.29) is 19.1 Å². The Labute approximate surface area is 101 Å². The molecular formula is C12H19NO4. The van der Waals surface area contributed by atoms with Crippen molar-refractivity contribution in [1.29, 1.82) is 0 Å². The third-order valence-corrected chi connectivity index (χ3v) is 3.39. The number of carboxylic acids is 1. The molecule has 0 aromatic carbocycles. The number of carbonyl (C=O) groups is 2. The van der Waals surface area contributed by atoms with Crippen LogP contribution in [0.1, 0.15) is 13.8 Å². The van der Waals surface area contributed by atoms with Gasteiger partial charge in [-0.25, -0.2) is 0 Å². The van der Waals surface area contributed by atoms with Crippen LogP contribution < -0.4 is 0 Å². The van der Waals surface area contributed by atoms with Crippen LogP contribution in [0.5, 0.6) is 0 Å². The molecule has 0 bridgehead atoms. The van der Waals surface area contributed by atoms with Gasteiger partial charge in [-0.2, -0.15) is 0 Å². The minimum absolute atomic E-state index is 0.134. The van der Waals surface area contributed by atoms with Crippen molar-refractivity contribution in [3.63, 3.8) is 0 Å². The van der Waals surface area contributed by atoms with Gasteiger partial charge in [0.05, 0.1) is 18.4 Å². The van der Waals surface area contributed by atoms with Crippen LogP contribution in [0.4, 0.5) is 0 Å². The summed E-state index contributed by atoms with van der Waals surface area (Å²) in [5, 5.41) is 17.9. The predicted molar refractivity (Wildman–Crippen MR) is 62.3 cm³/mol. The van der Waals surface area contributed by atoms with Crippen LogP contribution in [0.15, 0.2) is 12.7 Å². The Hall–Kier alpha value is -1.36. The molecule has 1 aliphatic carbocycles. The van der Waals surface area contributed by atoms with E-state index in [4.69, 9.17) is 10.2 Å². The third kappa shape index (κ3) is 2.49. The highest BCUT2D eigenvalue weighted by molar-refractivity contribution is 5.91. The summed E-state index contributed by atoms with van der Waals surface area (Å²) in [7, 11) is 0. The van der Waals surface area contributed by atoms with E-state index >= 15 is 0 Å². The normalized spacial score (nSPS) is 25.1. The minimum atomic E-state index is -0.934. The van der Waals surface area contributed by atoms with Crippen LogP contribution in [0.2, 0.25) is 0 Å². The molecule has 0 radical (unpaired) electrons. The summed E-state index contributed by atoms with van der Waals surface area (Å²) in [6.45, 7) is 7.51. The van der Waals surface area contributed by atoms with E-state index in [1.807, 2.05) is 0 Å². The maximum atomic E-state index is 12.1. The van der Waals surface area contributed by atoms with Crippen LogP contribution in [0.3, 0.4) is 0 Å². The molecule has 1 aliphatic rings. The quantitative estimate of drug-likeness (QED) is 0.658. The number of hydrogen-bond donors (Lipinski definition) is 2. The van der Waals surface area contributed by atoms with Gasteiger partial charge in [-0.15, -0.1) is 6.58 Å². The zero-order valence-corrected chi connectivity index (χ0v) is 10.2. The van der Waals surface area contributed by atoms with Crippen molar-refractivity contribution in [2.24, 2.45) is 17.3 Å². The summed E-state index contributed by atoms with van der Waals surface area (Å²) in [4.78, 5) is 24.6. The molecule has 0 heterocycles. The van der Waals surface area contributed by atoms with Gasteiger partial charge in [0.15, 0.2) is 0 Å². The standard InChI is InChI=1S/C12H19NO4/c1-4-5-13(6-7-14)10(15)8-9(11(16)17)12(8,2)3/h4,8-9,14H,1,5-7H2,2-3H3,(H,16,17). The lowest BCUT2D eigenvalue weighted by Crippen LogP contribution is -2.36. The summed E-state index contributed by atoms with van der Waals surface area (Å²) < 4.78 is 0. The van der Waals surface area contributed by atoms with Gasteiger partial charge in [0, 0.05) is 13.1 Å². The summed E-state index contributed by atoms with van der Waals surface area (Å²) in [5.74, 6) is -2.26. The molecule has 2 atom stereocenters. The topological polar surface area (TPSA) is 77.8 Å². The largest absolute Gasteiger partial charge is 0.481 e. The van der Waals surface area contributed by atoms with E-state index in [2.05, 4.69) is 6.58 Å². The lowest BCUT2D eigenvalue weighted by molar-refractivity contribution is -0.142. The number of aliphatic hydroxyl groups excluding tert-OH is 1. The maximum Gasteiger partial charge on any atom is 0.307 e. The molecule has 2 N–H and O–H groups in total. The molecule has 2 unspecified atom stereocenters. The molecular weight excluding hydrogens is 222 g/mol. The number of rotatable bonds is 6. The van der Waals surface area contributed by atoms with Gasteiger partial charge in [0.1, 0.15) is 0 Å². The second-order valence-electron chi connectivity index (χ2n) is 4.91. The fourth-order valence-electron chi connectivity index (χ4n) is 2.32. The highest BCUT2D eigenvalue weighted by Crippen LogP contribution is 2.58. The van der Waals surface area contributed by atoms with Crippen molar-refractivity contribution in [1.82, 2.24) is 4.90 Å². The molecule has 5 heteroatoms. The predicted octanol–water partition coefficient (Wildman–Crippen LogP) is 0.350. The molecule has 96 valence electrons. The molecule has 1 amide bonds. The number of aliphatic carboxylic acids is 1. The molecule has 1 rings (SSSR count). The first-order chi connectivity index (χ1) is 7.87. The molecule has 17 heavy (non-hydrogen) atoms. The molecule has 0 spiro atoms. The van der Waals surface area contributed by atoms with Crippen molar-refractivity contribution in [3.8, 4) is 0 Å². The number of aliphatic hydroxyl groups is 1. The van der Waals surface area contributed by atoms with Gasteiger partial charge in [-0.1, -0.05) is 19.9 Å². The average Bonchev–Trinajstić information content (AvgIpc) is 2.80. The Morgan fingerprint density at radius 3 is 2.35 bits per heavy atom. The number of amides is 1. The van der Waals surface area contributed by atoms with Gasteiger partial charge in [0.2, 0.25) is 5.91 Å². The SMILES string of the molecule is C=CCN(CCO)C(=O)C1C(C(=O)O)C1(C)C. The highest BCUT2D eigenvalue weighted by atomic mass is 16.4. The minimum Gasteiger partial charge on any atom is -0.481 e. The Balaban J connectivity index is 2.76. The van der Waals surface area contributed by atoms with Gasteiger partial charge in [-0.3, -0.25) is 9.59 Å². The van der Waals surface area contributed by atoms with E-state index in [9.17, 15) is 9.59 Å². The van der Waals surface area contributed by atoms with E-state index in [0.717, 1.165) is 0 Å². The van der Waals surface area contributed by atoms with E-state index < -0.39 is 23.2 Å². The fraction of sp³-hybridized carbons (Fsp3) is 0.667. The molecule has 1 saturated carbocycles.